The second-order valence-electron chi connectivity index (χ2n) is 5.35. The van der Waals surface area contributed by atoms with E-state index in [-0.39, 0.29) is 13.1 Å². The number of nitrogens with zero attached hydrogens (tertiary/aromatic N) is 3. The summed E-state index contributed by atoms with van der Waals surface area (Å²) in [5.41, 5.74) is -0.716. The average Bonchev–Trinajstić information content (AvgIpc) is 2.95. The van der Waals surface area contributed by atoms with Crippen molar-refractivity contribution < 1.29 is 18.9 Å². The first kappa shape index (κ1) is 17.1. The number of oxazole rings is 1. The molecular weight excluding hydrogens is 346 g/mol. The Bertz CT molecular complexity index is 1120. The molecule has 0 aliphatic heterocycles. The zero-order valence-electron chi connectivity index (χ0n) is 13.6. The van der Waals surface area contributed by atoms with E-state index in [4.69, 9.17) is 4.42 Å². The lowest BCUT2D eigenvalue weighted by molar-refractivity contribution is -0.385. The Morgan fingerprint density at radius 3 is 2.69 bits per heavy atom. The fourth-order valence-electron chi connectivity index (χ4n) is 2.58. The van der Waals surface area contributed by atoms with Crippen LogP contribution in [0.15, 0.2) is 50.5 Å². The molecule has 0 amide bonds. The summed E-state index contributed by atoms with van der Waals surface area (Å²) in [5.74, 6) is -1.59. The van der Waals surface area contributed by atoms with Gasteiger partial charge in [-0.05, 0) is 12.1 Å². The lowest BCUT2D eigenvalue weighted by atomic mass is 10.2. The van der Waals surface area contributed by atoms with E-state index in [2.05, 4.69) is 4.74 Å². The third kappa shape index (κ3) is 2.99. The Hall–Kier alpha value is -3.69. The van der Waals surface area contributed by atoms with Crippen LogP contribution >= 0.6 is 0 Å². The first-order chi connectivity index (χ1) is 12.4. The lowest BCUT2D eigenvalue weighted by Gasteiger charge is -2.08. The summed E-state index contributed by atoms with van der Waals surface area (Å²) in [6.07, 6.45) is 1.02. The van der Waals surface area contributed by atoms with E-state index in [1.165, 1.54) is 4.57 Å². The number of fused-ring (bicyclic) bond motifs is 1. The lowest BCUT2D eigenvalue weighted by Crippen LogP contribution is -2.29. The largest absolute Gasteiger partial charge is 0.465 e. The van der Waals surface area contributed by atoms with Crippen LogP contribution < -0.4 is 11.3 Å². The normalized spacial score (nSPS) is 10.8. The Kier molecular flexibility index (Phi) is 4.40. The molecule has 2 heterocycles. The van der Waals surface area contributed by atoms with Crippen LogP contribution in [0.2, 0.25) is 0 Å². The molecule has 0 N–H and O–H groups in total. The molecule has 0 saturated heterocycles. The molecule has 0 spiro atoms. The maximum atomic E-state index is 12.4. The standard InChI is InChI=1S/C16H13N3O7/c1-25-15(21)11-8-10(19(23)24)9-17(14(11)20)6-7-18-12-4-2-3-5-13(12)26-16(18)22/h2-5,8-9H,6-7H2,1H3. The number of nitro groups is 1. The van der Waals surface area contributed by atoms with Gasteiger partial charge in [-0.3, -0.25) is 19.5 Å². The van der Waals surface area contributed by atoms with E-state index < -0.39 is 33.5 Å². The summed E-state index contributed by atoms with van der Waals surface area (Å²) in [7, 11) is 1.07. The molecule has 0 bridgehead atoms. The number of esters is 1. The number of benzene rings is 1. The van der Waals surface area contributed by atoms with Crippen molar-refractivity contribution in [3.05, 3.63) is 73.1 Å². The Labute approximate surface area is 145 Å². The monoisotopic (exact) mass is 359 g/mol. The van der Waals surface area contributed by atoms with Gasteiger partial charge in [0.25, 0.3) is 11.2 Å². The summed E-state index contributed by atoms with van der Waals surface area (Å²) in [4.78, 5) is 46.4. The average molecular weight is 359 g/mol. The molecule has 0 unspecified atom stereocenters. The van der Waals surface area contributed by atoms with Crippen LogP contribution in [0.1, 0.15) is 10.4 Å². The Balaban J connectivity index is 2.01. The van der Waals surface area contributed by atoms with Gasteiger partial charge < -0.3 is 13.7 Å². The number of carbonyl (C=O) groups excluding carboxylic acids is 1. The Morgan fingerprint density at radius 1 is 1.27 bits per heavy atom. The van der Waals surface area contributed by atoms with Crippen LogP contribution in [0.5, 0.6) is 0 Å². The van der Waals surface area contributed by atoms with Crippen molar-refractivity contribution in [3.63, 3.8) is 0 Å². The number of methoxy groups -OCH3 is 1. The second kappa shape index (κ2) is 6.67. The van der Waals surface area contributed by atoms with Crippen LogP contribution in [-0.4, -0.2) is 27.1 Å². The summed E-state index contributed by atoms with van der Waals surface area (Å²) >= 11 is 0. The maximum absolute atomic E-state index is 12.4. The number of rotatable bonds is 5. The highest BCUT2D eigenvalue weighted by Gasteiger charge is 2.20. The smallest absolute Gasteiger partial charge is 0.420 e. The maximum Gasteiger partial charge on any atom is 0.420 e. The summed E-state index contributed by atoms with van der Waals surface area (Å²) in [6, 6.07) is 7.61. The van der Waals surface area contributed by atoms with E-state index in [0.29, 0.717) is 11.1 Å². The zero-order valence-corrected chi connectivity index (χ0v) is 13.6. The van der Waals surface area contributed by atoms with Crippen molar-refractivity contribution in [3.8, 4) is 0 Å². The van der Waals surface area contributed by atoms with E-state index >= 15 is 0 Å². The molecule has 0 fully saturated rings. The first-order valence-electron chi connectivity index (χ1n) is 7.48. The van der Waals surface area contributed by atoms with Gasteiger partial charge in [0, 0.05) is 19.2 Å². The van der Waals surface area contributed by atoms with Crippen molar-refractivity contribution in [2.24, 2.45) is 0 Å². The van der Waals surface area contributed by atoms with Gasteiger partial charge in [-0.1, -0.05) is 12.1 Å². The predicted molar refractivity (Wildman–Crippen MR) is 89.2 cm³/mol. The van der Waals surface area contributed by atoms with Gasteiger partial charge in [0.1, 0.15) is 5.56 Å². The van der Waals surface area contributed by atoms with E-state index in [9.17, 15) is 24.5 Å². The molecule has 3 rings (SSSR count). The topological polar surface area (TPSA) is 127 Å². The van der Waals surface area contributed by atoms with Crippen molar-refractivity contribution in [1.82, 2.24) is 9.13 Å². The molecular formula is C16H13N3O7. The molecule has 10 nitrogen and oxygen atoms in total. The van der Waals surface area contributed by atoms with E-state index in [1.807, 2.05) is 0 Å². The van der Waals surface area contributed by atoms with E-state index in [1.54, 1.807) is 24.3 Å². The quantitative estimate of drug-likeness (QED) is 0.380. The minimum Gasteiger partial charge on any atom is -0.465 e. The summed E-state index contributed by atoms with van der Waals surface area (Å²) in [5, 5.41) is 11.1. The highest BCUT2D eigenvalue weighted by atomic mass is 16.6. The number of ether oxygens (including phenoxy) is 1. The van der Waals surface area contributed by atoms with E-state index in [0.717, 1.165) is 23.9 Å². The molecule has 3 aromatic rings. The number of para-hydroxylation sites is 2. The van der Waals surface area contributed by atoms with Gasteiger partial charge in [0.15, 0.2) is 5.58 Å². The number of hydrogen-bond acceptors (Lipinski definition) is 7. The summed E-state index contributed by atoms with van der Waals surface area (Å²) < 4.78 is 11.9. The van der Waals surface area contributed by atoms with Gasteiger partial charge >= 0.3 is 11.7 Å². The fraction of sp³-hybridized carbons (Fsp3) is 0.188. The molecule has 0 atom stereocenters. The van der Waals surface area contributed by atoms with Crippen molar-refractivity contribution in [1.29, 1.82) is 0 Å². The van der Waals surface area contributed by atoms with Crippen LogP contribution in [0.25, 0.3) is 11.1 Å². The predicted octanol–water partition coefficient (Wildman–Crippen LogP) is 1.15. The third-order valence-electron chi connectivity index (χ3n) is 3.83. The highest BCUT2D eigenvalue weighted by molar-refractivity contribution is 5.89. The van der Waals surface area contributed by atoms with Crippen LogP contribution in [0.3, 0.4) is 0 Å². The first-order valence-corrected chi connectivity index (χ1v) is 7.48. The highest BCUT2D eigenvalue weighted by Crippen LogP contribution is 2.13. The summed E-state index contributed by atoms with van der Waals surface area (Å²) in [6.45, 7) is -0.0501. The number of carbonyl (C=O) groups is 1. The van der Waals surface area contributed by atoms with Gasteiger partial charge in [-0.2, -0.15) is 0 Å². The van der Waals surface area contributed by atoms with Gasteiger partial charge in [-0.25, -0.2) is 9.59 Å². The Morgan fingerprint density at radius 2 is 2.00 bits per heavy atom. The fourth-order valence-corrected chi connectivity index (χ4v) is 2.58. The van der Waals surface area contributed by atoms with Crippen molar-refractivity contribution in [2.45, 2.75) is 13.1 Å². The SMILES string of the molecule is COC(=O)c1cc([N+](=O)[O-])cn(CCn2c(=O)oc3ccccc32)c1=O. The molecule has 0 aliphatic rings. The van der Waals surface area contributed by atoms with Crippen molar-refractivity contribution >= 4 is 22.8 Å². The molecule has 0 saturated carbocycles. The van der Waals surface area contributed by atoms with Gasteiger partial charge in [-0.15, -0.1) is 0 Å². The van der Waals surface area contributed by atoms with Crippen LogP contribution in [0.4, 0.5) is 5.69 Å². The molecule has 10 heteroatoms. The third-order valence-corrected chi connectivity index (χ3v) is 3.83. The second-order valence-corrected chi connectivity index (χ2v) is 5.35. The molecule has 1 aromatic carbocycles. The van der Waals surface area contributed by atoms with Gasteiger partial charge in [0.2, 0.25) is 0 Å². The number of aryl methyl sites for hydroxylation is 2. The molecule has 134 valence electrons. The molecule has 0 aliphatic carbocycles. The number of hydrogen-bond donors (Lipinski definition) is 0. The minimum atomic E-state index is -0.974. The molecule has 2 aromatic heterocycles. The molecule has 0 radical (unpaired) electrons. The van der Waals surface area contributed by atoms with Crippen LogP contribution in [0, 0.1) is 10.1 Å². The van der Waals surface area contributed by atoms with Crippen molar-refractivity contribution in [2.75, 3.05) is 7.11 Å². The van der Waals surface area contributed by atoms with Crippen LogP contribution in [-0.2, 0) is 17.8 Å². The number of pyridine rings is 1. The van der Waals surface area contributed by atoms with Gasteiger partial charge in [0.05, 0.1) is 23.7 Å². The molecule has 26 heavy (non-hydrogen) atoms. The minimum absolute atomic E-state index is 0.0253. The zero-order chi connectivity index (χ0) is 18.8. The number of aromatic nitrogens is 2.